The van der Waals surface area contributed by atoms with E-state index in [0.717, 1.165) is 15.8 Å². The lowest BCUT2D eigenvalue weighted by atomic mass is 10.1. The number of carbonyl (C=O) groups is 4. The monoisotopic (exact) mass is 424 g/mol. The second kappa shape index (κ2) is 8.33. The summed E-state index contributed by atoms with van der Waals surface area (Å²) in [7, 11) is 1.59. The van der Waals surface area contributed by atoms with Gasteiger partial charge in [-0.05, 0) is 25.1 Å². The summed E-state index contributed by atoms with van der Waals surface area (Å²) in [5, 5.41) is 0.850. The van der Waals surface area contributed by atoms with Crippen LogP contribution in [0.2, 0.25) is 0 Å². The topological polar surface area (TPSA) is 100 Å². The van der Waals surface area contributed by atoms with Gasteiger partial charge in [-0.1, -0.05) is 0 Å². The van der Waals surface area contributed by atoms with E-state index in [1.165, 1.54) is 0 Å². The van der Waals surface area contributed by atoms with Crippen molar-refractivity contribution in [3.63, 3.8) is 0 Å². The maximum Gasteiger partial charge on any atom is 0.255 e. The van der Waals surface area contributed by atoms with Gasteiger partial charge in [0, 0.05) is 50.5 Å². The van der Waals surface area contributed by atoms with E-state index in [1.807, 2.05) is 24.3 Å². The molecule has 4 rings (SSSR count). The molecule has 1 aromatic heterocycles. The van der Waals surface area contributed by atoms with E-state index < -0.39 is 0 Å². The lowest BCUT2D eigenvalue weighted by Gasteiger charge is -2.35. The summed E-state index contributed by atoms with van der Waals surface area (Å²) in [5.74, 6) is -0.294. The molecule has 0 spiro atoms. The molecule has 0 aliphatic carbocycles. The molecule has 0 saturated carbocycles. The Morgan fingerprint density at radius 1 is 1.00 bits per heavy atom. The highest BCUT2D eigenvalue weighted by Gasteiger charge is 2.33. The molecule has 2 aliphatic rings. The minimum Gasteiger partial charge on any atom is -0.497 e. The first-order valence-corrected chi connectivity index (χ1v) is 10.2. The Balaban J connectivity index is 1.41. The Kier molecular flexibility index (Phi) is 5.58. The van der Waals surface area contributed by atoms with Crippen LogP contribution in [-0.4, -0.2) is 83.1 Å². The fourth-order valence-electron chi connectivity index (χ4n) is 3.95. The van der Waals surface area contributed by atoms with Gasteiger partial charge in [-0.15, -0.1) is 0 Å². The predicted molar refractivity (Wildman–Crippen MR) is 111 cm³/mol. The number of imide groups is 1. The molecule has 0 radical (unpaired) electrons. The first-order valence-electron chi connectivity index (χ1n) is 10.2. The van der Waals surface area contributed by atoms with Gasteiger partial charge >= 0.3 is 0 Å². The van der Waals surface area contributed by atoms with Crippen LogP contribution in [0.1, 0.15) is 28.9 Å². The Morgan fingerprint density at radius 2 is 1.65 bits per heavy atom. The van der Waals surface area contributed by atoms with Crippen LogP contribution >= 0.6 is 0 Å². The van der Waals surface area contributed by atoms with Gasteiger partial charge in [0.1, 0.15) is 12.3 Å². The number of nitrogens with zero attached hydrogens (tertiary/aromatic N) is 4. The van der Waals surface area contributed by atoms with Crippen LogP contribution in [0.4, 0.5) is 0 Å². The van der Waals surface area contributed by atoms with E-state index in [0.29, 0.717) is 43.2 Å². The van der Waals surface area contributed by atoms with Crippen molar-refractivity contribution < 1.29 is 23.9 Å². The summed E-state index contributed by atoms with van der Waals surface area (Å²) >= 11 is 0. The number of methoxy groups -OCH3 is 1. The van der Waals surface area contributed by atoms with Crippen molar-refractivity contribution in [2.75, 3.05) is 39.8 Å². The van der Waals surface area contributed by atoms with Crippen molar-refractivity contribution in [1.29, 1.82) is 0 Å². The molecule has 31 heavy (non-hydrogen) atoms. The van der Waals surface area contributed by atoms with E-state index in [9.17, 15) is 19.2 Å². The zero-order valence-electron chi connectivity index (χ0n) is 17.6. The summed E-state index contributed by atoms with van der Waals surface area (Å²) in [4.78, 5) is 57.9. The highest BCUT2D eigenvalue weighted by molar-refractivity contribution is 6.04. The number of piperazine rings is 1. The number of benzene rings is 1. The number of hydrogen-bond acceptors (Lipinski definition) is 6. The standard InChI is InChI=1S/C22H24N4O5/c1-14-17(11-15-3-4-16(31-2)12-18(15)23-14)22(30)25-9-7-24(8-10-25)21(29)13-26-19(27)5-6-20(26)28/h3-4,11-12H,5-10,13H2,1-2H3. The van der Waals surface area contributed by atoms with Crippen molar-refractivity contribution in [2.45, 2.75) is 19.8 Å². The van der Waals surface area contributed by atoms with Crippen LogP contribution in [0.5, 0.6) is 5.75 Å². The summed E-state index contributed by atoms with van der Waals surface area (Å²) in [5.41, 5.74) is 1.93. The van der Waals surface area contributed by atoms with Gasteiger partial charge in [0.2, 0.25) is 17.7 Å². The zero-order valence-corrected chi connectivity index (χ0v) is 17.6. The van der Waals surface area contributed by atoms with E-state index in [2.05, 4.69) is 4.98 Å². The molecule has 9 heteroatoms. The maximum atomic E-state index is 13.1. The van der Waals surface area contributed by atoms with E-state index in [4.69, 9.17) is 4.74 Å². The number of pyridine rings is 1. The van der Waals surface area contributed by atoms with Gasteiger partial charge in [-0.2, -0.15) is 0 Å². The quantitative estimate of drug-likeness (QED) is 0.679. The summed E-state index contributed by atoms with van der Waals surface area (Å²) in [6, 6.07) is 7.36. The second-order valence-corrected chi connectivity index (χ2v) is 7.73. The highest BCUT2D eigenvalue weighted by Crippen LogP contribution is 2.23. The lowest BCUT2D eigenvalue weighted by Crippen LogP contribution is -2.53. The molecule has 2 saturated heterocycles. The fraction of sp³-hybridized carbons (Fsp3) is 0.409. The van der Waals surface area contributed by atoms with E-state index >= 15 is 0 Å². The van der Waals surface area contributed by atoms with Gasteiger partial charge < -0.3 is 14.5 Å². The van der Waals surface area contributed by atoms with Crippen LogP contribution in [-0.2, 0) is 14.4 Å². The number of aryl methyl sites for hydroxylation is 1. The Labute approximate surface area is 179 Å². The first-order chi connectivity index (χ1) is 14.9. The molecule has 3 heterocycles. The third kappa shape index (κ3) is 4.08. The molecule has 162 valence electrons. The number of aromatic nitrogens is 1. The molecule has 1 aromatic carbocycles. The third-order valence-electron chi connectivity index (χ3n) is 5.81. The zero-order chi connectivity index (χ0) is 22.1. The van der Waals surface area contributed by atoms with Crippen molar-refractivity contribution in [3.05, 3.63) is 35.5 Å². The average Bonchev–Trinajstić information content (AvgIpc) is 3.09. The number of carbonyl (C=O) groups excluding carboxylic acids is 4. The number of rotatable bonds is 4. The Hall–Kier alpha value is -3.49. The van der Waals surface area contributed by atoms with Crippen LogP contribution in [0.15, 0.2) is 24.3 Å². The average molecular weight is 424 g/mol. The molecular formula is C22H24N4O5. The number of amides is 4. The molecule has 4 amide bonds. The van der Waals surface area contributed by atoms with Crippen molar-refractivity contribution in [1.82, 2.24) is 19.7 Å². The van der Waals surface area contributed by atoms with Gasteiger partial charge in [0.15, 0.2) is 0 Å². The van der Waals surface area contributed by atoms with Crippen LogP contribution in [0.25, 0.3) is 10.9 Å². The van der Waals surface area contributed by atoms with E-state index in [1.54, 1.807) is 23.8 Å². The van der Waals surface area contributed by atoms with Crippen LogP contribution < -0.4 is 4.74 Å². The molecular weight excluding hydrogens is 400 g/mol. The van der Waals surface area contributed by atoms with E-state index in [-0.39, 0.29) is 43.0 Å². The van der Waals surface area contributed by atoms with Crippen LogP contribution in [0.3, 0.4) is 0 Å². The van der Waals surface area contributed by atoms with Crippen LogP contribution in [0, 0.1) is 6.92 Å². The van der Waals surface area contributed by atoms with Crippen molar-refractivity contribution in [2.24, 2.45) is 0 Å². The molecule has 2 aliphatic heterocycles. The molecule has 0 N–H and O–H groups in total. The molecule has 2 fully saturated rings. The highest BCUT2D eigenvalue weighted by atomic mass is 16.5. The van der Waals surface area contributed by atoms with Gasteiger partial charge in [-0.25, -0.2) is 0 Å². The van der Waals surface area contributed by atoms with Gasteiger partial charge in [0.05, 0.1) is 23.9 Å². The number of fused-ring (bicyclic) bond motifs is 1. The second-order valence-electron chi connectivity index (χ2n) is 7.73. The SMILES string of the molecule is COc1ccc2cc(C(=O)N3CCN(C(=O)CN4C(=O)CCC4=O)CC3)c(C)nc2c1. The fourth-order valence-corrected chi connectivity index (χ4v) is 3.95. The molecule has 0 bridgehead atoms. The number of hydrogen-bond donors (Lipinski definition) is 0. The lowest BCUT2D eigenvalue weighted by molar-refractivity contribution is -0.146. The Bertz CT molecular complexity index is 1060. The predicted octanol–water partition coefficient (Wildman–Crippen LogP) is 0.985. The largest absolute Gasteiger partial charge is 0.497 e. The summed E-state index contributed by atoms with van der Waals surface area (Å²) < 4.78 is 5.23. The number of ether oxygens (including phenoxy) is 1. The van der Waals surface area contributed by atoms with Gasteiger partial charge in [-0.3, -0.25) is 29.1 Å². The maximum absolute atomic E-state index is 13.1. The smallest absolute Gasteiger partial charge is 0.255 e. The minimum absolute atomic E-state index is 0.125. The summed E-state index contributed by atoms with van der Waals surface area (Å²) in [6.45, 7) is 3.06. The molecule has 0 atom stereocenters. The van der Waals surface area contributed by atoms with Crippen molar-refractivity contribution in [3.8, 4) is 5.75 Å². The molecule has 2 aromatic rings. The van der Waals surface area contributed by atoms with Gasteiger partial charge in [0.25, 0.3) is 5.91 Å². The number of likely N-dealkylation sites (tertiary alicyclic amines) is 1. The van der Waals surface area contributed by atoms with Crippen molar-refractivity contribution >= 4 is 34.5 Å². The normalized spacial score (nSPS) is 16.9. The molecule has 9 nitrogen and oxygen atoms in total. The Morgan fingerprint density at radius 3 is 2.29 bits per heavy atom. The minimum atomic E-state index is -0.302. The third-order valence-corrected chi connectivity index (χ3v) is 5.81. The molecule has 0 unspecified atom stereocenters. The first kappa shape index (κ1) is 20.8. The summed E-state index contributed by atoms with van der Waals surface area (Å²) in [6.07, 6.45) is 0.334.